The second-order valence-corrected chi connectivity index (χ2v) is 3.58. The third-order valence-electron chi connectivity index (χ3n) is 2.07. The zero-order chi connectivity index (χ0) is 14.1. The Bertz CT molecular complexity index is 462. The van der Waals surface area contributed by atoms with Crippen molar-refractivity contribution in [3.63, 3.8) is 0 Å². The smallest absolute Gasteiger partial charge is 0.293 e. The van der Waals surface area contributed by atoms with Crippen molar-refractivity contribution in [1.82, 2.24) is 0 Å². The minimum Gasteiger partial charge on any atom is -0.293 e. The van der Waals surface area contributed by atoms with E-state index in [4.69, 9.17) is 11.6 Å². The molecule has 0 radical (unpaired) electrons. The van der Waals surface area contributed by atoms with Crippen LogP contribution in [-0.2, 0) is 12.4 Å². The van der Waals surface area contributed by atoms with Gasteiger partial charge in [0.15, 0.2) is 5.78 Å². The number of ketones is 1. The number of benzene rings is 1. The first-order valence-electron chi connectivity index (χ1n) is 4.45. The molecule has 0 atom stereocenters. The van der Waals surface area contributed by atoms with Gasteiger partial charge in [-0.2, -0.15) is 26.3 Å². The van der Waals surface area contributed by atoms with Gasteiger partial charge in [-0.25, -0.2) is 0 Å². The van der Waals surface area contributed by atoms with Crippen LogP contribution in [0, 0.1) is 0 Å². The van der Waals surface area contributed by atoms with E-state index < -0.39 is 40.7 Å². The molecule has 1 aromatic carbocycles. The molecule has 0 aliphatic rings. The SMILES string of the molecule is O=C(CCl)c1ccc(C(F)(F)F)c(C(F)(F)F)c1. The van der Waals surface area contributed by atoms with Crippen molar-refractivity contribution in [2.45, 2.75) is 12.4 Å². The summed E-state index contributed by atoms with van der Waals surface area (Å²) in [5, 5.41) is 0. The standard InChI is InChI=1S/C10H5ClF6O/c11-4-8(18)5-1-2-6(9(12,13)14)7(3-5)10(15,16)17/h1-3H,4H2. The average molecular weight is 291 g/mol. The largest absolute Gasteiger partial charge is 0.417 e. The summed E-state index contributed by atoms with van der Waals surface area (Å²) in [6.45, 7) is 0. The molecule has 0 bridgehead atoms. The summed E-state index contributed by atoms with van der Waals surface area (Å²) < 4.78 is 74.6. The van der Waals surface area contributed by atoms with Crippen molar-refractivity contribution in [3.05, 3.63) is 34.9 Å². The molecule has 0 heterocycles. The summed E-state index contributed by atoms with van der Waals surface area (Å²) in [4.78, 5) is 11.1. The molecule has 1 rings (SSSR count). The van der Waals surface area contributed by atoms with Gasteiger partial charge < -0.3 is 0 Å². The highest BCUT2D eigenvalue weighted by Gasteiger charge is 2.43. The third-order valence-corrected chi connectivity index (χ3v) is 2.32. The van der Waals surface area contributed by atoms with Crippen LogP contribution in [0.4, 0.5) is 26.3 Å². The summed E-state index contributed by atoms with van der Waals surface area (Å²) >= 11 is 5.13. The first kappa shape index (κ1) is 14.8. The molecule has 100 valence electrons. The molecule has 0 N–H and O–H groups in total. The van der Waals surface area contributed by atoms with Crippen LogP contribution >= 0.6 is 11.6 Å². The van der Waals surface area contributed by atoms with Crippen molar-refractivity contribution in [2.24, 2.45) is 0 Å². The van der Waals surface area contributed by atoms with E-state index in [9.17, 15) is 31.1 Å². The van der Waals surface area contributed by atoms with E-state index >= 15 is 0 Å². The van der Waals surface area contributed by atoms with E-state index in [2.05, 4.69) is 0 Å². The Morgan fingerprint density at radius 3 is 1.89 bits per heavy atom. The molecule has 0 spiro atoms. The van der Waals surface area contributed by atoms with E-state index in [1.54, 1.807) is 0 Å². The molecular weight excluding hydrogens is 286 g/mol. The summed E-state index contributed by atoms with van der Waals surface area (Å²) in [7, 11) is 0. The Kier molecular flexibility index (Phi) is 3.95. The number of Topliss-reactive ketones (excluding diaryl/α,β-unsaturated/α-hetero) is 1. The molecule has 0 fully saturated rings. The van der Waals surface area contributed by atoms with Crippen LogP contribution in [0.3, 0.4) is 0 Å². The van der Waals surface area contributed by atoms with Crippen molar-refractivity contribution >= 4 is 17.4 Å². The van der Waals surface area contributed by atoms with Crippen molar-refractivity contribution in [3.8, 4) is 0 Å². The van der Waals surface area contributed by atoms with Gasteiger partial charge in [0.1, 0.15) is 0 Å². The summed E-state index contributed by atoms with van der Waals surface area (Å²) in [5.41, 5.74) is -4.24. The number of carbonyl (C=O) groups excluding carboxylic acids is 1. The lowest BCUT2D eigenvalue weighted by Gasteiger charge is -2.16. The fourth-order valence-electron chi connectivity index (χ4n) is 1.28. The number of rotatable bonds is 2. The first-order valence-corrected chi connectivity index (χ1v) is 4.98. The molecule has 0 saturated carbocycles. The molecule has 0 saturated heterocycles. The molecule has 0 unspecified atom stereocenters. The topological polar surface area (TPSA) is 17.1 Å². The predicted octanol–water partition coefficient (Wildman–Crippen LogP) is 4.15. The minimum absolute atomic E-state index is 0.160. The van der Waals surface area contributed by atoms with E-state index in [-0.39, 0.29) is 12.1 Å². The predicted molar refractivity (Wildman–Crippen MR) is 51.5 cm³/mol. The van der Waals surface area contributed by atoms with Gasteiger partial charge in [-0.05, 0) is 12.1 Å². The second-order valence-electron chi connectivity index (χ2n) is 3.31. The molecule has 18 heavy (non-hydrogen) atoms. The second kappa shape index (κ2) is 4.79. The highest BCUT2D eigenvalue weighted by atomic mass is 35.5. The lowest BCUT2D eigenvalue weighted by molar-refractivity contribution is -0.162. The van der Waals surface area contributed by atoms with E-state index in [0.717, 1.165) is 0 Å². The lowest BCUT2D eigenvalue weighted by atomic mass is 10.0. The zero-order valence-corrected chi connectivity index (χ0v) is 9.25. The number of halogens is 7. The van der Waals surface area contributed by atoms with E-state index in [1.807, 2.05) is 0 Å². The van der Waals surface area contributed by atoms with Crippen molar-refractivity contribution < 1.29 is 31.1 Å². The Labute approximate surface area is 102 Å². The molecule has 1 nitrogen and oxygen atoms in total. The Morgan fingerprint density at radius 2 is 1.50 bits per heavy atom. The molecule has 1 aromatic rings. The fraction of sp³-hybridized carbons (Fsp3) is 0.300. The van der Waals surface area contributed by atoms with Crippen LogP contribution in [0.5, 0.6) is 0 Å². The maximum Gasteiger partial charge on any atom is 0.417 e. The third kappa shape index (κ3) is 3.16. The van der Waals surface area contributed by atoms with Gasteiger partial charge in [0.2, 0.25) is 0 Å². The van der Waals surface area contributed by atoms with Crippen LogP contribution in [-0.4, -0.2) is 11.7 Å². The Morgan fingerprint density at radius 1 is 1.00 bits per heavy atom. The Balaban J connectivity index is 3.45. The fourth-order valence-corrected chi connectivity index (χ4v) is 1.43. The van der Waals surface area contributed by atoms with Crippen molar-refractivity contribution in [1.29, 1.82) is 0 Å². The molecule has 0 aromatic heterocycles. The maximum atomic E-state index is 12.5. The van der Waals surface area contributed by atoms with E-state index in [0.29, 0.717) is 6.07 Å². The highest BCUT2D eigenvalue weighted by Crippen LogP contribution is 2.40. The lowest BCUT2D eigenvalue weighted by Crippen LogP contribution is -2.17. The molecule has 8 heteroatoms. The zero-order valence-electron chi connectivity index (χ0n) is 8.49. The first-order chi connectivity index (χ1) is 8.07. The van der Waals surface area contributed by atoms with Gasteiger partial charge in [0.25, 0.3) is 0 Å². The Hall–Kier alpha value is -1.24. The van der Waals surface area contributed by atoms with Gasteiger partial charge in [0.05, 0.1) is 17.0 Å². The van der Waals surface area contributed by atoms with Crippen LogP contribution in [0.15, 0.2) is 18.2 Å². The number of alkyl halides is 7. The number of carbonyl (C=O) groups is 1. The van der Waals surface area contributed by atoms with Crippen LogP contribution in [0.25, 0.3) is 0 Å². The summed E-state index contributed by atoms with van der Waals surface area (Å²) in [6.07, 6.45) is -10.3. The van der Waals surface area contributed by atoms with Gasteiger partial charge in [0, 0.05) is 5.56 Å². The number of hydrogen-bond donors (Lipinski definition) is 0. The maximum absolute atomic E-state index is 12.5. The molecule has 0 amide bonds. The van der Waals surface area contributed by atoms with Gasteiger partial charge in [-0.3, -0.25) is 4.79 Å². The van der Waals surface area contributed by atoms with Gasteiger partial charge in [-0.15, -0.1) is 11.6 Å². The van der Waals surface area contributed by atoms with Crippen LogP contribution in [0.1, 0.15) is 21.5 Å². The average Bonchev–Trinajstić information content (AvgIpc) is 2.24. The highest BCUT2D eigenvalue weighted by molar-refractivity contribution is 6.30. The van der Waals surface area contributed by atoms with Crippen LogP contribution in [0.2, 0.25) is 0 Å². The minimum atomic E-state index is -5.20. The molecular formula is C10H5ClF6O. The van der Waals surface area contributed by atoms with Gasteiger partial charge >= 0.3 is 12.4 Å². The van der Waals surface area contributed by atoms with E-state index in [1.165, 1.54) is 0 Å². The molecule has 0 aliphatic heterocycles. The molecule has 0 aliphatic carbocycles. The number of hydrogen-bond acceptors (Lipinski definition) is 1. The summed E-state index contributed by atoms with van der Waals surface area (Å²) in [6, 6.07) is 1.05. The monoisotopic (exact) mass is 290 g/mol. The summed E-state index contributed by atoms with van der Waals surface area (Å²) in [5.74, 6) is -1.49. The van der Waals surface area contributed by atoms with Gasteiger partial charge in [-0.1, -0.05) is 6.07 Å². The quantitative estimate of drug-likeness (QED) is 0.454. The normalized spacial score (nSPS) is 12.6. The van der Waals surface area contributed by atoms with Crippen molar-refractivity contribution in [2.75, 3.05) is 5.88 Å². The van der Waals surface area contributed by atoms with Crippen LogP contribution < -0.4 is 0 Å².